The Hall–Kier alpha value is -4.74. The SMILES string of the molecule is COc1cccc(-c2c(C(=O)N/N=C(\C)Cc3ccccc3OC)nnn2-c2nonc2N)c1. The predicted octanol–water partition coefficient (Wildman–Crippen LogP) is 2.27. The number of carbonyl (C=O) groups is 1. The van der Waals surface area contributed by atoms with Gasteiger partial charge in [-0.3, -0.25) is 4.79 Å². The van der Waals surface area contributed by atoms with Crippen molar-refractivity contribution in [3.05, 3.63) is 59.8 Å². The third kappa shape index (κ3) is 4.55. The highest BCUT2D eigenvalue weighted by atomic mass is 16.6. The smallest absolute Gasteiger partial charge is 0.294 e. The van der Waals surface area contributed by atoms with E-state index in [4.69, 9.17) is 15.2 Å². The summed E-state index contributed by atoms with van der Waals surface area (Å²) in [5.41, 5.74) is 10.9. The second-order valence-corrected chi connectivity index (χ2v) is 7.18. The molecule has 0 aliphatic heterocycles. The summed E-state index contributed by atoms with van der Waals surface area (Å²) in [5.74, 6) is 0.837. The number of methoxy groups -OCH3 is 2. The number of amides is 1. The molecular formula is C22H22N8O4. The number of hydrogen-bond acceptors (Lipinski definition) is 10. The molecule has 2 heterocycles. The average Bonchev–Trinajstić information content (AvgIpc) is 3.49. The minimum atomic E-state index is -0.571. The van der Waals surface area contributed by atoms with Gasteiger partial charge in [-0.25, -0.2) is 10.1 Å². The lowest BCUT2D eigenvalue weighted by molar-refractivity contribution is 0.0950. The number of carbonyl (C=O) groups excluding carboxylic acids is 1. The maximum atomic E-state index is 13.1. The summed E-state index contributed by atoms with van der Waals surface area (Å²) < 4.78 is 16.6. The molecule has 0 aliphatic rings. The molecule has 12 heteroatoms. The van der Waals surface area contributed by atoms with E-state index in [1.54, 1.807) is 45.4 Å². The Bertz CT molecular complexity index is 1340. The summed E-state index contributed by atoms with van der Waals surface area (Å²) >= 11 is 0. The van der Waals surface area contributed by atoms with E-state index in [1.165, 1.54) is 4.68 Å². The monoisotopic (exact) mass is 462 g/mol. The number of hydrogen-bond donors (Lipinski definition) is 2. The highest BCUT2D eigenvalue weighted by Crippen LogP contribution is 2.29. The van der Waals surface area contributed by atoms with Gasteiger partial charge in [0.25, 0.3) is 5.91 Å². The first-order valence-corrected chi connectivity index (χ1v) is 10.2. The third-order valence-electron chi connectivity index (χ3n) is 4.91. The number of aromatic nitrogens is 5. The van der Waals surface area contributed by atoms with Crippen molar-refractivity contribution in [2.24, 2.45) is 5.10 Å². The van der Waals surface area contributed by atoms with Crippen LogP contribution in [-0.2, 0) is 6.42 Å². The van der Waals surface area contributed by atoms with Gasteiger partial charge in [0.1, 0.15) is 17.2 Å². The van der Waals surface area contributed by atoms with Gasteiger partial charge in [0.2, 0.25) is 11.6 Å². The Labute approximate surface area is 194 Å². The van der Waals surface area contributed by atoms with Crippen molar-refractivity contribution >= 4 is 17.4 Å². The van der Waals surface area contributed by atoms with E-state index in [1.807, 2.05) is 24.3 Å². The molecule has 4 rings (SSSR count). The van der Waals surface area contributed by atoms with Gasteiger partial charge in [0.05, 0.1) is 14.2 Å². The number of nitrogens with two attached hydrogens (primary N) is 1. The van der Waals surface area contributed by atoms with E-state index in [0.29, 0.717) is 29.1 Å². The fourth-order valence-electron chi connectivity index (χ4n) is 3.31. The lowest BCUT2D eigenvalue weighted by atomic mass is 10.1. The van der Waals surface area contributed by atoms with E-state index in [-0.39, 0.29) is 17.3 Å². The van der Waals surface area contributed by atoms with Crippen LogP contribution < -0.4 is 20.6 Å². The van der Waals surface area contributed by atoms with E-state index in [0.717, 1.165) is 11.3 Å². The number of nitrogen functional groups attached to an aromatic ring is 1. The first-order chi connectivity index (χ1) is 16.5. The number of para-hydroxylation sites is 1. The van der Waals surface area contributed by atoms with Crippen LogP contribution in [0.15, 0.2) is 58.3 Å². The molecule has 2 aromatic heterocycles. The van der Waals surface area contributed by atoms with Crippen molar-refractivity contribution < 1.29 is 18.9 Å². The zero-order chi connectivity index (χ0) is 24.1. The quantitative estimate of drug-likeness (QED) is 0.296. The summed E-state index contributed by atoms with van der Waals surface area (Å²) in [6.45, 7) is 1.80. The third-order valence-corrected chi connectivity index (χ3v) is 4.91. The van der Waals surface area contributed by atoms with Gasteiger partial charge in [0, 0.05) is 17.7 Å². The van der Waals surface area contributed by atoms with Gasteiger partial charge in [-0.2, -0.15) is 9.78 Å². The molecule has 1 amide bonds. The molecule has 0 saturated heterocycles. The summed E-state index contributed by atoms with van der Waals surface area (Å²) in [7, 11) is 3.15. The maximum Gasteiger partial charge on any atom is 0.294 e. The molecule has 0 bridgehead atoms. The molecule has 34 heavy (non-hydrogen) atoms. The zero-order valence-electron chi connectivity index (χ0n) is 18.7. The van der Waals surface area contributed by atoms with Crippen LogP contribution in [0.25, 0.3) is 17.1 Å². The number of ether oxygens (including phenoxy) is 2. The van der Waals surface area contributed by atoms with E-state index < -0.39 is 5.91 Å². The normalized spacial score (nSPS) is 11.3. The standard InChI is InChI=1S/C22H22N8O4/c1-13(11-14-7-4-5-10-17(14)33-3)24-26-22(31)18-19(15-8-6-9-16(12-15)32-2)30(29-25-18)21-20(23)27-34-28-21/h4-10,12H,11H2,1-3H3,(H2,23,27)(H,26,31)/b24-13+. The van der Waals surface area contributed by atoms with Gasteiger partial charge in [-0.05, 0) is 41.0 Å². The lowest BCUT2D eigenvalue weighted by Gasteiger charge is -2.09. The minimum Gasteiger partial charge on any atom is -0.497 e. The van der Waals surface area contributed by atoms with Crippen molar-refractivity contribution in [3.8, 4) is 28.6 Å². The van der Waals surface area contributed by atoms with Crippen LogP contribution in [-0.4, -0.2) is 51.1 Å². The van der Waals surface area contributed by atoms with Gasteiger partial charge < -0.3 is 15.2 Å². The van der Waals surface area contributed by atoms with E-state index in [2.05, 4.69) is 35.8 Å². The number of rotatable bonds is 8. The Morgan fingerprint density at radius 1 is 1.15 bits per heavy atom. The van der Waals surface area contributed by atoms with Crippen LogP contribution >= 0.6 is 0 Å². The fraction of sp³-hybridized carbons (Fsp3) is 0.182. The van der Waals surface area contributed by atoms with Crippen molar-refractivity contribution in [2.45, 2.75) is 13.3 Å². The number of hydrazone groups is 1. The van der Waals surface area contributed by atoms with Gasteiger partial charge in [-0.15, -0.1) is 5.10 Å². The summed E-state index contributed by atoms with van der Waals surface area (Å²) in [6.07, 6.45) is 0.487. The Balaban J connectivity index is 1.66. The zero-order valence-corrected chi connectivity index (χ0v) is 18.7. The molecule has 0 saturated carbocycles. The number of nitrogens with zero attached hydrogens (tertiary/aromatic N) is 6. The molecule has 0 atom stereocenters. The van der Waals surface area contributed by atoms with Gasteiger partial charge >= 0.3 is 0 Å². The van der Waals surface area contributed by atoms with Gasteiger partial charge in [0.15, 0.2) is 5.69 Å². The van der Waals surface area contributed by atoms with Crippen molar-refractivity contribution in [1.29, 1.82) is 0 Å². The number of anilines is 1. The number of benzene rings is 2. The van der Waals surface area contributed by atoms with Crippen molar-refractivity contribution in [1.82, 2.24) is 30.7 Å². The average molecular weight is 462 g/mol. The van der Waals surface area contributed by atoms with Crippen LogP contribution in [0.5, 0.6) is 11.5 Å². The second kappa shape index (κ2) is 9.81. The molecular weight excluding hydrogens is 440 g/mol. The Morgan fingerprint density at radius 3 is 2.71 bits per heavy atom. The Morgan fingerprint density at radius 2 is 1.97 bits per heavy atom. The molecule has 2 aromatic carbocycles. The maximum absolute atomic E-state index is 13.1. The van der Waals surface area contributed by atoms with E-state index in [9.17, 15) is 4.79 Å². The largest absolute Gasteiger partial charge is 0.497 e. The second-order valence-electron chi connectivity index (χ2n) is 7.18. The minimum absolute atomic E-state index is 0.00416. The summed E-state index contributed by atoms with van der Waals surface area (Å²) in [5, 5.41) is 19.7. The van der Waals surface area contributed by atoms with Gasteiger partial charge in [-0.1, -0.05) is 35.5 Å². The molecule has 0 fully saturated rings. The highest BCUT2D eigenvalue weighted by Gasteiger charge is 2.25. The summed E-state index contributed by atoms with van der Waals surface area (Å²) in [4.78, 5) is 13.1. The molecule has 3 N–H and O–H groups in total. The predicted molar refractivity (Wildman–Crippen MR) is 123 cm³/mol. The first kappa shape index (κ1) is 22.5. The molecule has 0 aliphatic carbocycles. The van der Waals surface area contributed by atoms with Crippen LogP contribution in [0.1, 0.15) is 23.0 Å². The van der Waals surface area contributed by atoms with Crippen LogP contribution in [0.3, 0.4) is 0 Å². The van der Waals surface area contributed by atoms with Crippen molar-refractivity contribution in [3.63, 3.8) is 0 Å². The molecule has 0 unspecified atom stereocenters. The van der Waals surface area contributed by atoms with Crippen molar-refractivity contribution in [2.75, 3.05) is 20.0 Å². The molecule has 0 spiro atoms. The number of nitrogens with one attached hydrogen (secondary N) is 1. The summed E-state index contributed by atoms with van der Waals surface area (Å²) in [6, 6.07) is 14.6. The van der Waals surface area contributed by atoms with Crippen LogP contribution in [0.4, 0.5) is 5.82 Å². The van der Waals surface area contributed by atoms with Crippen LogP contribution in [0, 0.1) is 0 Å². The molecule has 12 nitrogen and oxygen atoms in total. The molecule has 0 radical (unpaired) electrons. The highest BCUT2D eigenvalue weighted by molar-refractivity contribution is 5.99. The fourth-order valence-corrected chi connectivity index (χ4v) is 3.31. The molecule has 174 valence electrons. The van der Waals surface area contributed by atoms with Crippen LogP contribution in [0.2, 0.25) is 0 Å². The topological polar surface area (TPSA) is 156 Å². The first-order valence-electron chi connectivity index (χ1n) is 10.2. The van der Waals surface area contributed by atoms with E-state index >= 15 is 0 Å². The lowest BCUT2D eigenvalue weighted by Crippen LogP contribution is -2.21. The Kier molecular flexibility index (Phi) is 6.48. The molecule has 4 aromatic rings.